The summed E-state index contributed by atoms with van der Waals surface area (Å²) < 4.78 is 38.1. The molecule has 5 nitrogen and oxygen atoms in total. The van der Waals surface area contributed by atoms with Crippen LogP contribution < -0.4 is 15.8 Å². The quantitative estimate of drug-likeness (QED) is 0.426. The number of furan rings is 1. The summed E-state index contributed by atoms with van der Waals surface area (Å²) in [6, 6.07) is 12.8. The Kier molecular flexibility index (Phi) is 5.03. The van der Waals surface area contributed by atoms with Crippen LogP contribution in [0.5, 0.6) is 5.75 Å². The van der Waals surface area contributed by atoms with E-state index in [1.807, 2.05) is 31.2 Å². The van der Waals surface area contributed by atoms with Crippen molar-refractivity contribution >= 4 is 28.2 Å². The lowest BCUT2D eigenvalue weighted by molar-refractivity contribution is 0.317. The molecule has 148 valence electrons. The molecule has 0 radical (unpaired) electrons. The van der Waals surface area contributed by atoms with E-state index < -0.39 is 11.6 Å². The summed E-state index contributed by atoms with van der Waals surface area (Å²) >= 11 is 0. The van der Waals surface area contributed by atoms with E-state index in [2.05, 4.69) is 10.3 Å². The number of nitrogens with one attached hydrogen (secondary N) is 1. The molecule has 0 fully saturated rings. The number of aromatic nitrogens is 1. The van der Waals surface area contributed by atoms with Gasteiger partial charge in [-0.2, -0.15) is 0 Å². The van der Waals surface area contributed by atoms with Crippen LogP contribution >= 0.6 is 0 Å². The maximum Gasteiger partial charge on any atom is 0.215 e. The van der Waals surface area contributed by atoms with Crippen LogP contribution in [0.3, 0.4) is 0 Å². The molecule has 2 aromatic carbocycles. The highest BCUT2D eigenvalue weighted by atomic mass is 19.2. The highest BCUT2D eigenvalue weighted by molar-refractivity contribution is 6.03. The Bertz CT molecular complexity index is 1160. The van der Waals surface area contributed by atoms with Crippen molar-refractivity contribution in [1.82, 2.24) is 4.98 Å². The van der Waals surface area contributed by atoms with E-state index in [9.17, 15) is 8.78 Å². The zero-order chi connectivity index (χ0) is 20.4. The number of nitrogen functional groups attached to an aromatic ring is 1. The molecule has 29 heavy (non-hydrogen) atoms. The minimum Gasteiger partial charge on any atom is -0.494 e. The molecule has 0 bridgehead atoms. The Morgan fingerprint density at radius 1 is 1.07 bits per heavy atom. The molecular formula is C22H19F2N3O2. The molecule has 0 aliphatic carbocycles. The summed E-state index contributed by atoms with van der Waals surface area (Å²) in [5, 5.41) is 3.68. The molecule has 0 saturated carbocycles. The van der Waals surface area contributed by atoms with Gasteiger partial charge in [0, 0.05) is 23.5 Å². The second kappa shape index (κ2) is 7.79. The van der Waals surface area contributed by atoms with E-state index in [-0.39, 0.29) is 5.88 Å². The Hall–Kier alpha value is -3.61. The van der Waals surface area contributed by atoms with Crippen LogP contribution in [-0.4, -0.2) is 11.6 Å². The maximum atomic E-state index is 13.5. The Balaban J connectivity index is 1.71. The number of hydrogen-bond acceptors (Lipinski definition) is 5. The standard InChI is InChI=1S/C22H19F2N3O2/c1-2-11-28-15-6-3-13(4-7-15)19-21-16(9-10-26-19)20(22(25)29-21)27-14-5-8-17(23)18(24)12-14/h3-10,12,27H,2,11,25H2,1H3. The van der Waals surface area contributed by atoms with Gasteiger partial charge in [0.1, 0.15) is 17.1 Å². The number of hydrogen-bond donors (Lipinski definition) is 2. The molecule has 0 aliphatic rings. The van der Waals surface area contributed by atoms with Gasteiger partial charge in [-0.25, -0.2) is 8.78 Å². The van der Waals surface area contributed by atoms with E-state index in [1.54, 1.807) is 12.3 Å². The molecule has 0 unspecified atom stereocenters. The van der Waals surface area contributed by atoms with Gasteiger partial charge in [0.25, 0.3) is 0 Å². The lowest BCUT2D eigenvalue weighted by Gasteiger charge is -2.07. The van der Waals surface area contributed by atoms with Gasteiger partial charge >= 0.3 is 0 Å². The van der Waals surface area contributed by atoms with E-state index in [0.717, 1.165) is 29.9 Å². The molecule has 0 amide bonds. The summed E-state index contributed by atoms with van der Waals surface area (Å²) in [6.45, 7) is 2.70. The first-order valence-electron chi connectivity index (χ1n) is 9.19. The van der Waals surface area contributed by atoms with Gasteiger partial charge in [-0.1, -0.05) is 6.92 Å². The second-order valence-electron chi connectivity index (χ2n) is 6.50. The Labute approximate surface area is 166 Å². The fourth-order valence-electron chi connectivity index (χ4n) is 3.02. The van der Waals surface area contributed by atoms with Crippen molar-refractivity contribution in [2.75, 3.05) is 17.7 Å². The largest absolute Gasteiger partial charge is 0.494 e. The van der Waals surface area contributed by atoms with E-state index in [4.69, 9.17) is 14.9 Å². The molecule has 0 aliphatic heterocycles. The third-order valence-corrected chi connectivity index (χ3v) is 4.42. The van der Waals surface area contributed by atoms with E-state index >= 15 is 0 Å². The molecule has 3 N–H and O–H groups in total. The highest BCUT2D eigenvalue weighted by Gasteiger charge is 2.17. The fraction of sp³-hybridized carbons (Fsp3) is 0.136. The number of nitrogens with zero attached hydrogens (tertiary/aromatic N) is 1. The van der Waals surface area contributed by atoms with Crippen molar-refractivity contribution in [1.29, 1.82) is 0 Å². The van der Waals surface area contributed by atoms with Crippen LogP contribution in [0, 0.1) is 11.6 Å². The molecular weight excluding hydrogens is 376 g/mol. The Morgan fingerprint density at radius 3 is 2.59 bits per heavy atom. The molecule has 7 heteroatoms. The van der Waals surface area contributed by atoms with E-state index in [1.165, 1.54) is 6.07 Å². The second-order valence-corrected chi connectivity index (χ2v) is 6.50. The van der Waals surface area contributed by atoms with E-state index in [0.29, 0.717) is 34.6 Å². The average Bonchev–Trinajstić information content (AvgIpc) is 3.05. The molecule has 2 heterocycles. The predicted molar refractivity (Wildman–Crippen MR) is 109 cm³/mol. The number of benzene rings is 2. The van der Waals surface area contributed by atoms with Crippen molar-refractivity contribution in [2.45, 2.75) is 13.3 Å². The number of anilines is 3. The SMILES string of the molecule is CCCOc1ccc(-c2nccc3c(Nc4ccc(F)c(F)c4)c(N)oc23)cc1. The van der Waals surface area contributed by atoms with Crippen LogP contribution in [-0.2, 0) is 0 Å². The van der Waals surface area contributed by atoms with Gasteiger partial charge in [-0.05, 0) is 48.9 Å². The number of fused-ring (bicyclic) bond motifs is 1. The van der Waals surface area contributed by atoms with Gasteiger partial charge in [0.2, 0.25) is 5.88 Å². The van der Waals surface area contributed by atoms with Gasteiger partial charge in [-0.15, -0.1) is 0 Å². The third-order valence-electron chi connectivity index (χ3n) is 4.42. The smallest absolute Gasteiger partial charge is 0.215 e. The molecule has 4 aromatic rings. The molecule has 4 rings (SSSR count). The molecule has 0 atom stereocenters. The van der Waals surface area contributed by atoms with Crippen LogP contribution in [0.1, 0.15) is 13.3 Å². The number of rotatable bonds is 6. The fourth-order valence-corrected chi connectivity index (χ4v) is 3.02. The average molecular weight is 395 g/mol. The predicted octanol–water partition coefficient (Wildman–Crippen LogP) is 5.89. The van der Waals surface area contributed by atoms with Crippen LogP contribution in [0.4, 0.5) is 26.0 Å². The lowest BCUT2D eigenvalue weighted by Crippen LogP contribution is -1.95. The highest BCUT2D eigenvalue weighted by Crippen LogP contribution is 2.39. The van der Waals surface area contributed by atoms with Crippen molar-refractivity contribution < 1.29 is 17.9 Å². The topological polar surface area (TPSA) is 73.3 Å². The van der Waals surface area contributed by atoms with Crippen molar-refractivity contribution in [3.8, 4) is 17.0 Å². The summed E-state index contributed by atoms with van der Waals surface area (Å²) in [5.74, 6) is -0.961. The number of nitrogens with two attached hydrogens (primary N) is 1. The zero-order valence-electron chi connectivity index (χ0n) is 15.7. The van der Waals surface area contributed by atoms with Gasteiger partial charge in [0.05, 0.1) is 12.0 Å². The van der Waals surface area contributed by atoms with Crippen molar-refractivity contribution in [3.63, 3.8) is 0 Å². The summed E-state index contributed by atoms with van der Waals surface area (Å²) in [6.07, 6.45) is 2.58. The summed E-state index contributed by atoms with van der Waals surface area (Å²) in [4.78, 5) is 4.43. The maximum absolute atomic E-state index is 13.5. The summed E-state index contributed by atoms with van der Waals surface area (Å²) in [7, 11) is 0. The van der Waals surface area contributed by atoms with Gasteiger partial charge < -0.3 is 20.2 Å². The first kappa shape index (κ1) is 18.7. The minimum absolute atomic E-state index is 0.127. The van der Waals surface area contributed by atoms with Crippen LogP contribution in [0.15, 0.2) is 59.1 Å². The third kappa shape index (κ3) is 3.71. The molecule has 2 aromatic heterocycles. The zero-order valence-corrected chi connectivity index (χ0v) is 15.7. The normalized spacial score (nSPS) is 11.0. The first-order chi connectivity index (χ1) is 14.1. The van der Waals surface area contributed by atoms with Crippen molar-refractivity contribution in [2.24, 2.45) is 0 Å². The number of pyridine rings is 1. The van der Waals surface area contributed by atoms with Crippen LogP contribution in [0.25, 0.3) is 22.2 Å². The van der Waals surface area contributed by atoms with Gasteiger partial charge in [-0.3, -0.25) is 4.98 Å². The molecule has 0 spiro atoms. The van der Waals surface area contributed by atoms with Crippen molar-refractivity contribution in [3.05, 3.63) is 66.4 Å². The number of halogens is 2. The minimum atomic E-state index is -0.950. The Morgan fingerprint density at radius 2 is 1.86 bits per heavy atom. The van der Waals surface area contributed by atoms with Gasteiger partial charge in [0.15, 0.2) is 17.2 Å². The monoisotopic (exact) mass is 395 g/mol. The molecule has 0 saturated heterocycles. The first-order valence-corrected chi connectivity index (χ1v) is 9.19. The number of ether oxygens (including phenoxy) is 1. The summed E-state index contributed by atoms with van der Waals surface area (Å²) in [5.41, 5.74) is 8.83. The lowest BCUT2D eigenvalue weighted by atomic mass is 10.1. The van der Waals surface area contributed by atoms with Crippen LogP contribution in [0.2, 0.25) is 0 Å².